The summed E-state index contributed by atoms with van der Waals surface area (Å²) in [4.78, 5) is 13.5. The molecule has 1 amide bonds. The van der Waals surface area contributed by atoms with Gasteiger partial charge in [0.15, 0.2) is 0 Å². The Hall–Kier alpha value is -0.790. The Morgan fingerprint density at radius 1 is 1.69 bits per heavy atom. The Labute approximate surface area is 80.6 Å². The lowest BCUT2D eigenvalue weighted by molar-refractivity contribution is -0.132. The molecule has 0 spiro atoms. The summed E-state index contributed by atoms with van der Waals surface area (Å²) >= 11 is 0. The maximum absolute atomic E-state index is 11.6. The summed E-state index contributed by atoms with van der Waals surface area (Å²) in [6, 6.07) is 0. The van der Waals surface area contributed by atoms with Gasteiger partial charge >= 0.3 is 0 Å². The number of carbonyl (C=O) groups excluding carboxylic acids is 1. The number of carbonyl (C=O) groups is 1. The molecule has 0 saturated carbocycles. The maximum atomic E-state index is 11.6. The van der Waals surface area contributed by atoms with Crippen molar-refractivity contribution in [1.82, 2.24) is 4.90 Å². The third-order valence-electron chi connectivity index (χ3n) is 2.61. The highest BCUT2D eigenvalue weighted by Crippen LogP contribution is 2.17. The molecule has 0 aromatic heterocycles. The zero-order valence-electron chi connectivity index (χ0n) is 8.46. The molecule has 1 rings (SSSR count). The molecule has 0 bridgehead atoms. The molecule has 1 aliphatic heterocycles. The molecule has 74 valence electrons. The molecule has 13 heavy (non-hydrogen) atoms. The van der Waals surface area contributed by atoms with Gasteiger partial charge in [-0.05, 0) is 25.2 Å². The third-order valence-corrected chi connectivity index (χ3v) is 2.61. The molecule has 1 fully saturated rings. The Balaban J connectivity index is 2.41. The molecule has 0 aliphatic carbocycles. The molecule has 1 aliphatic rings. The van der Waals surface area contributed by atoms with E-state index in [-0.39, 0.29) is 0 Å². The summed E-state index contributed by atoms with van der Waals surface area (Å²) in [6.07, 6.45) is 5.95. The van der Waals surface area contributed by atoms with Gasteiger partial charge in [-0.1, -0.05) is 13.0 Å². The van der Waals surface area contributed by atoms with Crippen molar-refractivity contribution in [2.45, 2.75) is 32.6 Å². The Morgan fingerprint density at radius 3 is 3.08 bits per heavy atom. The molecule has 1 atom stereocenters. The van der Waals surface area contributed by atoms with Crippen molar-refractivity contribution in [3.05, 3.63) is 12.7 Å². The van der Waals surface area contributed by atoms with Crippen LogP contribution in [0, 0.1) is 5.92 Å². The van der Waals surface area contributed by atoms with Crippen LogP contribution in [0.1, 0.15) is 32.6 Å². The SMILES string of the molecule is C=CC1CCCN(C(=O)CCC)C1. The lowest BCUT2D eigenvalue weighted by Crippen LogP contribution is -2.39. The number of amides is 1. The van der Waals surface area contributed by atoms with Crippen LogP contribution in [0.15, 0.2) is 12.7 Å². The van der Waals surface area contributed by atoms with Gasteiger partial charge in [0.05, 0.1) is 0 Å². The van der Waals surface area contributed by atoms with Crippen LogP contribution in [0.5, 0.6) is 0 Å². The van der Waals surface area contributed by atoms with Gasteiger partial charge in [-0.25, -0.2) is 0 Å². The van der Waals surface area contributed by atoms with Gasteiger partial charge in [0.2, 0.25) is 5.91 Å². The second-order valence-corrected chi connectivity index (χ2v) is 3.73. The van der Waals surface area contributed by atoms with E-state index in [1.54, 1.807) is 0 Å². The summed E-state index contributed by atoms with van der Waals surface area (Å²) in [7, 11) is 0. The van der Waals surface area contributed by atoms with Crippen LogP contribution >= 0.6 is 0 Å². The topological polar surface area (TPSA) is 20.3 Å². The zero-order chi connectivity index (χ0) is 9.68. The van der Waals surface area contributed by atoms with Crippen molar-refractivity contribution in [3.8, 4) is 0 Å². The van der Waals surface area contributed by atoms with Gasteiger partial charge in [-0.3, -0.25) is 4.79 Å². The number of likely N-dealkylation sites (tertiary alicyclic amines) is 1. The molecule has 0 N–H and O–H groups in total. The van der Waals surface area contributed by atoms with Crippen LogP contribution in [0.4, 0.5) is 0 Å². The number of nitrogens with zero attached hydrogens (tertiary/aromatic N) is 1. The van der Waals surface area contributed by atoms with E-state index in [4.69, 9.17) is 0 Å². The minimum Gasteiger partial charge on any atom is -0.342 e. The second-order valence-electron chi connectivity index (χ2n) is 3.73. The normalized spacial score (nSPS) is 22.8. The van der Waals surface area contributed by atoms with E-state index in [0.29, 0.717) is 18.2 Å². The molecule has 2 nitrogen and oxygen atoms in total. The second kappa shape index (κ2) is 5.05. The fourth-order valence-corrected chi connectivity index (χ4v) is 1.80. The largest absolute Gasteiger partial charge is 0.342 e. The highest BCUT2D eigenvalue weighted by atomic mass is 16.2. The molecule has 2 heteroatoms. The summed E-state index contributed by atoms with van der Waals surface area (Å²) in [5, 5.41) is 0. The van der Waals surface area contributed by atoms with Crippen molar-refractivity contribution in [2.24, 2.45) is 5.92 Å². The van der Waals surface area contributed by atoms with Crippen LogP contribution < -0.4 is 0 Å². The highest BCUT2D eigenvalue weighted by molar-refractivity contribution is 5.76. The summed E-state index contributed by atoms with van der Waals surface area (Å²) in [5.41, 5.74) is 0. The van der Waals surface area contributed by atoms with Crippen molar-refractivity contribution >= 4 is 5.91 Å². The van der Waals surface area contributed by atoms with E-state index in [9.17, 15) is 4.79 Å². The third kappa shape index (κ3) is 2.87. The van der Waals surface area contributed by atoms with E-state index >= 15 is 0 Å². The zero-order valence-corrected chi connectivity index (χ0v) is 8.46. The van der Waals surface area contributed by atoms with Crippen molar-refractivity contribution < 1.29 is 4.79 Å². The van der Waals surface area contributed by atoms with Gasteiger partial charge in [-0.15, -0.1) is 6.58 Å². The molecule has 1 saturated heterocycles. The molecule has 1 unspecified atom stereocenters. The first-order chi connectivity index (χ1) is 6.27. The molecule has 0 radical (unpaired) electrons. The Bertz CT molecular complexity index is 189. The van der Waals surface area contributed by atoms with Gasteiger partial charge in [0.1, 0.15) is 0 Å². The van der Waals surface area contributed by atoms with Crippen LogP contribution in [0.2, 0.25) is 0 Å². The molecule has 1 heterocycles. The number of hydrogen-bond donors (Lipinski definition) is 0. The van der Waals surface area contributed by atoms with Gasteiger partial charge in [0.25, 0.3) is 0 Å². The number of rotatable bonds is 3. The first-order valence-electron chi connectivity index (χ1n) is 5.18. The van der Waals surface area contributed by atoms with Gasteiger partial charge in [-0.2, -0.15) is 0 Å². The predicted octanol–water partition coefficient (Wildman–Crippen LogP) is 2.21. The predicted molar refractivity (Wildman–Crippen MR) is 54.4 cm³/mol. The van der Waals surface area contributed by atoms with Crippen LogP contribution in [0.25, 0.3) is 0 Å². The van der Waals surface area contributed by atoms with Gasteiger partial charge < -0.3 is 4.90 Å². The van der Waals surface area contributed by atoms with Crippen LogP contribution in [-0.2, 0) is 4.79 Å². The molecular formula is C11H19NO. The van der Waals surface area contributed by atoms with Crippen molar-refractivity contribution in [1.29, 1.82) is 0 Å². The average Bonchev–Trinajstić information content (AvgIpc) is 2.18. The fraction of sp³-hybridized carbons (Fsp3) is 0.727. The minimum atomic E-state index is 0.314. The lowest BCUT2D eigenvalue weighted by Gasteiger charge is -2.31. The van der Waals surface area contributed by atoms with E-state index < -0.39 is 0 Å². The van der Waals surface area contributed by atoms with E-state index in [1.807, 2.05) is 17.9 Å². The quantitative estimate of drug-likeness (QED) is 0.611. The first-order valence-corrected chi connectivity index (χ1v) is 5.18. The summed E-state index contributed by atoms with van der Waals surface area (Å²) in [6.45, 7) is 7.67. The molecular weight excluding hydrogens is 162 g/mol. The highest BCUT2D eigenvalue weighted by Gasteiger charge is 2.20. The fourth-order valence-electron chi connectivity index (χ4n) is 1.80. The monoisotopic (exact) mass is 181 g/mol. The van der Waals surface area contributed by atoms with Crippen LogP contribution in [0.3, 0.4) is 0 Å². The first kappa shape index (κ1) is 10.3. The minimum absolute atomic E-state index is 0.314. The standard InChI is InChI=1S/C11H19NO/c1-3-6-11(13)12-8-5-7-10(4-2)9-12/h4,10H,2-3,5-9H2,1H3. The Kier molecular flexibility index (Phi) is 4.00. The smallest absolute Gasteiger partial charge is 0.222 e. The van der Waals surface area contributed by atoms with E-state index in [0.717, 1.165) is 25.9 Å². The number of piperidine rings is 1. The average molecular weight is 181 g/mol. The maximum Gasteiger partial charge on any atom is 0.222 e. The van der Waals surface area contributed by atoms with Gasteiger partial charge in [0, 0.05) is 19.5 Å². The van der Waals surface area contributed by atoms with E-state index in [1.165, 1.54) is 6.42 Å². The molecule has 0 aromatic carbocycles. The van der Waals surface area contributed by atoms with Crippen molar-refractivity contribution in [3.63, 3.8) is 0 Å². The van der Waals surface area contributed by atoms with E-state index in [2.05, 4.69) is 6.58 Å². The molecule has 0 aromatic rings. The summed E-state index contributed by atoms with van der Waals surface area (Å²) in [5.74, 6) is 0.837. The lowest BCUT2D eigenvalue weighted by atomic mass is 9.98. The van der Waals surface area contributed by atoms with Crippen LogP contribution in [-0.4, -0.2) is 23.9 Å². The Morgan fingerprint density at radius 2 is 2.46 bits per heavy atom. The summed E-state index contributed by atoms with van der Waals surface area (Å²) < 4.78 is 0. The number of hydrogen-bond acceptors (Lipinski definition) is 1. The van der Waals surface area contributed by atoms with Crippen molar-refractivity contribution in [2.75, 3.05) is 13.1 Å².